The molecule has 0 N–H and O–H groups in total. The maximum Gasteiger partial charge on any atom is 0.119 e. The smallest absolute Gasteiger partial charge is 0.119 e. The van der Waals surface area contributed by atoms with Gasteiger partial charge < -0.3 is 4.57 Å². The van der Waals surface area contributed by atoms with Crippen LogP contribution in [0.5, 0.6) is 0 Å². The molecule has 4 aromatic carbocycles. The van der Waals surface area contributed by atoms with E-state index in [2.05, 4.69) is 146 Å². The number of benzene rings is 4. The highest BCUT2D eigenvalue weighted by Gasteiger charge is 2.26. The van der Waals surface area contributed by atoms with Crippen molar-refractivity contribution >= 4 is 45.3 Å². The molecule has 4 rings (SSSR count). The van der Waals surface area contributed by atoms with Crippen LogP contribution in [0.1, 0.15) is 0 Å². The minimum atomic E-state index is -1.47. The summed E-state index contributed by atoms with van der Waals surface area (Å²) in [6.45, 7) is 9.85. The van der Waals surface area contributed by atoms with Gasteiger partial charge in [0.05, 0.1) is 0 Å². The molecule has 0 amide bonds. The second-order valence-electron chi connectivity index (χ2n) is 9.80. The van der Waals surface area contributed by atoms with Crippen LogP contribution in [0.25, 0.3) is 0 Å². The average molecular weight is 514 g/mol. The van der Waals surface area contributed by atoms with Crippen molar-refractivity contribution in [2.45, 2.75) is 19.6 Å². The molecule has 35 heavy (non-hydrogen) atoms. The van der Waals surface area contributed by atoms with E-state index in [-0.39, 0.29) is 15.8 Å². The van der Waals surface area contributed by atoms with E-state index < -0.39 is 8.24 Å². The first kappa shape index (κ1) is 26.0. The van der Waals surface area contributed by atoms with Gasteiger partial charge in [-0.2, -0.15) is 0 Å². The standard InChI is InChI=1S/C31H37NP2Si/c1-35(2,3)32(24-26-33(28-16-8-4-9-17-28)29-18-10-5-11-19-29)25-27-34(30-20-12-6-13-21-30)31-22-14-7-15-23-31/h4-23H,24-27H2,1-3H3. The minimum Gasteiger partial charge on any atom is -0.323 e. The number of hydrogen-bond donors (Lipinski definition) is 0. The Hall–Kier alpha value is -2.08. The van der Waals surface area contributed by atoms with E-state index in [0.717, 1.165) is 13.1 Å². The van der Waals surface area contributed by atoms with E-state index in [0.29, 0.717) is 0 Å². The van der Waals surface area contributed by atoms with E-state index in [4.69, 9.17) is 0 Å². The fraction of sp³-hybridized carbons (Fsp3) is 0.226. The molecular weight excluding hydrogens is 476 g/mol. The highest BCUT2D eigenvalue weighted by Crippen LogP contribution is 2.36. The zero-order valence-electron chi connectivity index (χ0n) is 21.2. The summed E-state index contributed by atoms with van der Waals surface area (Å²) in [5.74, 6) is 0. The molecule has 0 bridgehead atoms. The highest BCUT2D eigenvalue weighted by atomic mass is 31.1. The Labute approximate surface area is 215 Å². The van der Waals surface area contributed by atoms with Gasteiger partial charge in [-0.3, -0.25) is 0 Å². The second kappa shape index (κ2) is 12.7. The van der Waals surface area contributed by atoms with Gasteiger partial charge in [0, 0.05) is 0 Å². The average Bonchev–Trinajstić information content (AvgIpc) is 2.89. The van der Waals surface area contributed by atoms with Crippen LogP contribution >= 0.6 is 15.8 Å². The monoisotopic (exact) mass is 513 g/mol. The molecule has 0 aliphatic heterocycles. The molecule has 0 atom stereocenters. The van der Waals surface area contributed by atoms with E-state index in [1.54, 1.807) is 0 Å². The molecule has 0 fully saturated rings. The molecule has 0 heterocycles. The lowest BCUT2D eigenvalue weighted by Crippen LogP contribution is -2.49. The molecule has 4 heteroatoms. The summed E-state index contributed by atoms with van der Waals surface area (Å²) in [5, 5.41) is 5.94. The third-order valence-corrected chi connectivity index (χ3v) is 13.7. The first-order chi connectivity index (χ1) is 17.0. The molecule has 0 saturated heterocycles. The lowest BCUT2D eigenvalue weighted by atomic mass is 10.4. The molecule has 0 saturated carbocycles. The Morgan fingerprint density at radius 2 is 0.714 bits per heavy atom. The summed E-state index contributed by atoms with van der Waals surface area (Å²) >= 11 is 0. The van der Waals surface area contributed by atoms with Crippen molar-refractivity contribution < 1.29 is 0 Å². The van der Waals surface area contributed by atoms with E-state index in [1.807, 2.05) is 0 Å². The van der Waals surface area contributed by atoms with Crippen molar-refractivity contribution in [2.75, 3.05) is 25.4 Å². The van der Waals surface area contributed by atoms with Crippen LogP contribution in [-0.4, -0.2) is 38.2 Å². The zero-order chi connectivity index (χ0) is 24.5. The summed E-state index contributed by atoms with van der Waals surface area (Å²) < 4.78 is 2.86. The van der Waals surface area contributed by atoms with Crippen molar-refractivity contribution in [3.8, 4) is 0 Å². The first-order valence-corrected chi connectivity index (χ1v) is 19.0. The largest absolute Gasteiger partial charge is 0.323 e. The van der Waals surface area contributed by atoms with Crippen LogP contribution in [0, 0.1) is 0 Å². The van der Waals surface area contributed by atoms with Gasteiger partial charge in [0.1, 0.15) is 8.24 Å². The van der Waals surface area contributed by atoms with Crippen molar-refractivity contribution in [3.05, 3.63) is 121 Å². The van der Waals surface area contributed by atoms with Crippen LogP contribution in [0.3, 0.4) is 0 Å². The molecule has 0 aromatic heterocycles. The van der Waals surface area contributed by atoms with Crippen molar-refractivity contribution in [3.63, 3.8) is 0 Å². The van der Waals surface area contributed by atoms with Gasteiger partial charge in [0.2, 0.25) is 0 Å². The molecule has 0 spiro atoms. The molecular formula is C31H37NP2Si. The van der Waals surface area contributed by atoms with E-state index >= 15 is 0 Å². The Bertz CT molecular complexity index is 966. The molecule has 0 aliphatic rings. The van der Waals surface area contributed by atoms with Crippen molar-refractivity contribution in [1.82, 2.24) is 4.57 Å². The first-order valence-electron chi connectivity index (χ1n) is 12.5. The minimum absolute atomic E-state index is 0.358. The molecule has 1 nitrogen and oxygen atoms in total. The Morgan fingerprint density at radius 1 is 0.457 bits per heavy atom. The zero-order valence-corrected chi connectivity index (χ0v) is 24.0. The Balaban J connectivity index is 1.53. The van der Waals surface area contributed by atoms with Gasteiger partial charge in [-0.1, -0.05) is 141 Å². The second-order valence-corrected chi connectivity index (χ2v) is 19.4. The normalized spacial score (nSPS) is 11.9. The predicted molar refractivity (Wildman–Crippen MR) is 163 cm³/mol. The summed E-state index contributed by atoms with van der Waals surface area (Å²) in [6.07, 6.45) is 2.42. The van der Waals surface area contributed by atoms with Gasteiger partial charge in [-0.25, -0.2) is 0 Å². The Kier molecular flexibility index (Phi) is 9.47. The topological polar surface area (TPSA) is 3.24 Å². The number of nitrogens with zero attached hydrogens (tertiary/aromatic N) is 1. The summed E-state index contributed by atoms with van der Waals surface area (Å²) in [4.78, 5) is 0. The van der Waals surface area contributed by atoms with Gasteiger partial charge in [-0.15, -0.1) is 0 Å². The van der Waals surface area contributed by atoms with Gasteiger partial charge >= 0.3 is 0 Å². The van der Waals surface area contributed by atoms with Crippen LogP contribution in [0.15, 0.2) is 121 Å². The third-order valence-electron chi connectivity index (χ3n) is 6.41. The molecule has 0 radical (unpaired) electrons. The lowest BCUT2D eigenvalue weighted by Gasteiger charge is -2.36. The van der Waals surface area contributed by atoms with Crippen LogP contribution < -0.4 is 21.2 Å². The summed E-state index contributed by atoms with van der Waals surface area (Å²) in [5.41, 5.74) is 0. The van der Waals surface area contributed by atoms with Gasteiger partial charge in [-0.05, 0) is 62.5 Å². The van der Waals surface area contributed by atoms with Gasteiger partial charge in [0.25, 0.3) is 0 Å². The molecule has 4 aromatic rings. The fourth-order valence-electron chi connectivity index (χ4n) is 4.47. The number of rotatable bonds is 11. The van der Waals surface area contributed by atoms with Crippen LogP contribution in [0.4, 0.5) is 0 Å². The molecule has 180 valence electrons. The maximum absolute atomic E-state index is 2.86. The summed E-state index contributed by atoms with van der Waals surface area (Å²) in [7, 11) is -2.19. The van der Waals surface area contributed by atoms with E-state index in [1.165, 1.54) is 33.5 Å². The molecule has 0 unspecified atom stereocenters. The molecule has 0 aliphatic carbocycles. The lowest BCUT2D eigenvalue weighted by molar-refractivity contribution is 0.476. The highest BCUT2D eigenvalue weighted by molar-refractivity contribution is 7.73. The van der Waals surface area contributed by atoms with Gasteiger partial charge in [0.15, 0.2) is 0 Å². The van der Waals surface area contributed by atoms with Crippen molar-refractivity contribution in [2.24, 2.45) is 0 Å². The quantitative estimate of drug-likeness (QED) is 0.166. The van der Waals surface area contributed by atoms with Crippen LogP contribution in [-0.2, 0) is 0 Å². The predicted octanol–water partition coefficient (Wildman–Crippen LogP) is 6.39. The van der Waals surface area contributed by atoms with Crippen molar-refractivity contribution in [1.29, 1.82) is 0 Å². The third kappa shape index (κ3) is 7.45. The summed E-state index contributed by atoms with van der Waals surface area (Å²) in [6, 6.07) is 44.6. The maximum atomic E-state index is 2.86. The van der Waals surface area contributed by atoms with Crippen LogP contribution in [0.2, 0.25) is 19.6 Å². The fourth-order valence-corrected chi connectivity index (χ4v) is 11.1. The SMILES string of the molecule is C[Si](C)(C)N(CCP(c1ccccc1)c1ccccc1)CCP(c1ccccc1)c1ccccc1. The number of hydrogen-bond acceptors (Lipinski definition) is 1. The Morgan fingerprint density at radius 3 is 0.943 bits per heavy atom. The van der Waals surface area contributed by atoms with E-state index in [9.17, 15) is 0 Å².